The van der Waals surface area contributed by atoms with Gasteiger partial charge in [-0.3, -0.25) is 4.90 Å². The van der Waals surface area contributed by atoms with Gasteiger partial charge in [0.15, 0.2) is 0 Å². The maximum atomic E-state index is 11.9. The average Bonchev–Trinajstić information content (AvgIpc) is 2.39. The molecular formula is C11H16N2O3S. The number of rotatable bonds is 4. The highest BCUT2D eigenvalue weighted by Gasteiger charge is 2.16. The van der Waals surface area contributed by atoms with Crippen molar-refractivity contribution < 1.29 is 13.2 Å². The lowest BCUT2D eigenvalue weighted by Crippen LogP contribution is -2.43. The van der Waals surface area contributed by atoms with Gasteiger partial charge in [0, 0.05) is 13.1 Å². The van der Waals surface area contributed by atoms with Crippen LogP contribution in [0.5, 0.6) is 0 Å². The first-order chi connectivity index (χ1) is 8.18. The minimum Gasteiger partial charge on any atom is -0.379 e. The third-order valence-corrected chi connectivity index (χ3v) is 4.04. The second-order valence-electron chi connectivity index (χ2n) is 3.85. The van der Waals surface area contributed by atoms with Crippen LogP contribution in [0, 0.1) is 0 Å². The third kappa shape index (κ3) is 3.50. The normalized spacial score (nSPS) is 18.1. The van der Waals surface area contributed by atoms with Gasteiger partial charge in [-0.2, -0.15) is 4.72 Å². The van der Waals surface area contributed by atoms with Crippen molar-refractivity contribution in [2.75, 3.05) is 33.0 Å². The SMILES string of the molecule is O=S(=O)(NCN1CCOCC1)c1ccccc1. The standard InChI is InChI=1S/C11H16N2O3S/c14-17(15,11-4-2-1-3-5-11)12-10-13-6-8-16-9-7-13/h1-5,12H,6-10H2. The Labute approximate surface area is 101 Å². The van der Waals surface area contributed by atoms with Crippen LogP contribution in [-0.2, 0) is 14.8 Å². The highest BCUT2D eigenvalue weighted by molar-refractivity contribution is 7.89. The van der Waals surface area contributed by atoms with Crippen molar-refractivity contribution in [3.63, 3.8) is 0 Å². The number of hydrogen-bond acceptors (Lipinski definition) is 4. The number of hydrogen-bond donors (Lipinski definition) is 1. The van der Waals surface area contributed by atoms with Crippen LogP contribution >= 0.6 is 0 Å². The van der Waals surface area contributed by atoms with Gasteiger partial charge in [-0.15, -0.1) is 0 Å². The lowest BCUT2D eigenvalue weighted by Gasteiger charge is -2.26. The van der Waals surface area contributed by atoms with E-state index in [0.29, 0.717) is 24.8 Å². The molecule has 1 saturated heterocycles. The Morgan fingerprint density at radius 2 is 1.82 bits per heavy atom. The van der Waals surface area contributed by atoms with Crippen LogP contribution in [0.15, 0.2) is 35.2 Å². The number of benzene rings is 1. The van der Waals surface area contributed by atoms with E-state index in [2.05, 4.69) is 4.72 Å². The molecule has 1 aliphatic rings. The molecule has 0 aliphatic carbocycles. The Hall–Kier alpha value is -0.950. The summed E-state index contributed by atoms with van der Waals surface area (Å²) >= 11 is 0. The van der Waals surface area contributed by atoms with Crippen molar-refractivity contribution in [1.82, 2.24) is 9.62 Å². The fourth-order valence-corrected chi connectivity index (χ4v) is 2.65. The summed E-state index contributed by atoms with van der Waals surface area (Å²) in [6.07, 6.45) is 0. The van der Waals surface area contributed by atoms with Gasteiger partial charge in [0.2, 0.25) is 10.0 Å². The minimum absolute atomic E-state index is 0.299. The van der Waals surface area contributed by atoms with E-state index >= 15 is 0 Å². The number of nitrogens with zero attached hydrogens (tertiary/aromatic N) is 1. The summed E-state index contributed by atoms with van der Waals surface area (Å²) in [5, 5.41) is 0. The fraction of sp³-hybridized carbons (Fsp3) is 0.455. The topological polar surface area (TPSA) is 58.6 Å². The zero-order chi connectivity index (χ0) is 12.1. The minimum atomic E-state index is -3.39. The third-order valence-electron chi connectivity index (χ3n) is 2.64. The van der Waals surface area contributed by atoms with Crippen molar-refractivity contribution in [2.45, 2.75) is 4.90 Å². The van der Waals surface area contributed by atoms with Crippen LogP contribution in [0.4, 0.5) is 0 Å². The van der Waals surface area contributed by atoms with E-state index in [1.165, 1.54) is 0 Å². The van der Waals surface area contributed by atoms with Gasteiger partial charge in [-0.1, -0.05) is 18.2 Å². The van der Waals surface area contributed by atoms with Gasteiger partial charge in [0.1, 0.15) is 0 Å². The Morgan fingerprint density at radius 1 is 1.18 bits per heavy atom. The molecule has 0 atom stereocenters. The van der Waals surface area contributed by atoms with E-state index in [4.69, 9.17) is 4.74 Å². The molecule has 0 saturated carbocycles. The number of ether oxygens (including phenoxy) is 1. The molecule has 1 N–H and O–H groups in total. The van der Waals surface area contributed by atoms with Crippen LogP contribution in [0.1, 0.15) is 0 Å². The Balaban J connectivity index is 1.94. The lowest BCUT2D eigenvalue weighted by molar-refractivity contribution is 0.0371. The van der Waals surface area contributed by atoms with Crippen LogP contribution in [0.25, 0.3) is 0 Å². The summed E-state index contributed by atoms with van der Waals surface area (Å²) in [5.74, 6) is 0. The summed E-state index contributed by atoms with van der Waals surface area (Å²) in [5.41, 5.74) is 0. The van der Waals surface area contributed by atoms with Gasteiger partial charge in [-0.25, -0.2) is 8.42 Å². The van der Waals surface area contributed by atoms with E-state index in [1.807, 2.05) is 4.90 Å². The van der Waals surface area contributed by atoms with E-state index in [-0.39, 0.29) is 0 Å². The molecule has 2 rings (SSSR count). The quantitative estimate of drug-likeness (QED) is 0.839. The molecule has 17 heavy (non-hydrogen) atoms. The second-order valence-corrected chi connectivity index (χ2v) is 5.62. The highest BCUT2D eigenvalue weighted by atomic mass is 32.2. The van der Waals surface area contributed by atoms with Crippen LogP contribution in [-0.4, -0.2) is 46.3 Å². The van der Waals surface area contributed by atoms with E-state index in [1.54, 1.807) is 30.3 Å². The Morgan fingerprint density at radius 3 is 2.47 bits per heavy atom. The van der Waals surface area contributed by atoms with Gasteiger partial charge in [-0.05, 0) is 12.1 Å². The van der Waals surface area contributed by atoms with Gasteiger partial charge >= 0.3 is 0 Å². The van der Waals surface area contributed by atoms with E-state index in [0.717, 1.165) is 13.1 Å². The molecule has 1 aromatic carbocycles. The zero-order valence-corrected chi connectivity index (χ0v) is 10.3. The number of nitrogens with one attached hydrogen (secondary N) is 1. The Bertz CT molecular complexity index is 441. The lowest BCUT2D eigenvalue weighted by atomic mass is 10.4. The zero-order valence-electron chi connectivity index (χ0n) is 9.50. The second kappa shape index (κ2) is 5.59. The highest BCUT2D eigenvalue weighted by Crippen LogP contribution is 2.07. The number of sulfonamides is 1. The first-order valence-electron chi connectivity index (χ1n) is 5.53. The maximum absolute atomic E-state index is 11.9. The summed E-state index contributed by atoms with van der Waals surface area (Å²) in [6.45, 7) is 3.18. The fourth-order valence-electron chi connectivity index (χ4n) is 1.62. The van der Waals surface area contributed by atoms with Crippen LogP contribution in [0.2, 0.25) is 0 Å². The van der Waals surface area contributed by atoms with E-state index < -0.39 is 10.0 Å². The summed E-state index contributed by atoms with van der Waals surface area (Å²) in [7, 11) is -3.39. The molecule has 0 unspecified atom stereocenters. The molecule has 5 nitrogen and oxygen atoms in total. The van der Waals surface area contributed by atoms with E-state index in [9.17, 15) is 8.42 Å². The monoisotopic (exact) mass is 256 g/mol. The molecule has 1 fully saturated rings. The smallest absolute Gasteiger partial charge is 0.241 e. The Kier molecular flexibility index (Phi) is 4.11. The van der Waals surface area contributed by atoms with Crippen LogP contribution < -0.4 is 4.72 Å². The van der Waals surface area contributed by atoms with Crippen molar-refractivity contribution in [3.8, 4) is 0 Å². The first kappa shape index (κ1) is 12.5. The largest absolute Gasteiger partial charge is 0.379 e. The van der Waals surface area contributed by atoms with Crippen LogP contribution in [0.3, 0.4) is 0 Å². The molecule has 0 aromatic heterocycles. The van der Waals surface area contributed by atoms with Gasteiger partial charge < -0.3 is 4.74 Å². The summed E-state index contributed by atoms with van der Waals surface area (Å²) in [4.78, 5) is 2.32. The predicted molar refractivity (Wildman–Crippen MR) is 64.0 cm³/mol. The summed E-state index contributed by atoms with van der Waals surface area (Å²) in [6, 6.07) is 8.39. The molecule has 0 amide bonds. The number of morpholine rings is 1. The molecule has 0 bridgehead atoms. The molecule has 0 spiro atoms. The first-order valence-corrected chi connectivity index (χ1v) is 7.02. The molecule has 94 valence electrons. The molecule has 6 heteroatoms. The molecule has 0 radical (unpaired) electrons. The van der Waals surface area contributed by atoms with Gasteiger partial charge in [0.25, 0.3) is 0 Å². The molecule has 1 aliphatic heterocycles. The van der Waals surface area contributed by atoms with Crippen molar-refractivity contribution >= 4 is 10.0 Å². The van der Waals surface area contributed by atoms with Crippen molar-refractivity contribution in [1.29, 1.82) is 0 Å². The average molecular weight is 256 g/mol. The predicted octanol–water partition coefficient (Wildman–Crippen LogP) is 0.255. The molecular weight excluding hydrogens is 240 g/mol. The van der Waals surface area contributed by atoms with Crippen molar-refractivity contribution in [2.24, 2.45) is 0 Å². The molecule has 1 aromatic rings. The van der Waals surface area contributed by atoms with Gasteiger partial charge in [0.05, 0.1) is 24.8 Å². The van der Waals surface area contributed by atoms with Crippen molar-refractivity contribution in [3.05, 3.63) is 30.3 Å². The summed E-state index contributed by atoms with van der Waals surface area (Å²) < 4.78 is 31.6. The molecule has 1 heterocycles. The maximum Gasteiger partial charge on any atom is 0.241 e.